The van der Waals surface area contributed by atoms with Crippen molar-refractivity contribution in [2.24, 2.45) is 0 Å². The van der Waals surface area contributed by atoms with E-state index in [0.717, 1.165) is 16.0 Å². The van der Waals surface area contributed by atoms with Crippen LogP contribution in [0, 0.1) is 0 Å². The minimum atomic E-state index is -0.0806. The smallest absolute Gasteiger partial charge is 0.0835 e. The molecule has 1 aliphatic rings. The van der Waals surface area contributed by atoms with Gasteiger partial charge in [0.2, 0.25) is 0 Å². The lowest BCUT2D eigenvalue weighted by Gasteiger charge is -2.22. The zero-order valence-corrected chi connectivity index (χ0v) is 14.4. The molecule has 0 bridgehead atoms. The van der Waals surface area contributed by atoms with Crippen LogP contribution in [-0.4, -0.2) is 0 Å². The highest BCUT2D eigenvalue weighted by atomic mass is 79.9. The van der Waals surface area contributed by atoms with Gasteiger partial charge < -0.3 is 0 Å². The van der Waals surface area contributed by atoms with Gasteiger partial charge in [0.05, 0.1) is 5.38 Å². The van der Waals surface area contributed by atoms with Gasteiger partial charge in [0.25, 0.3) is 0 Å². The van der Waals surface area contributed by atoms with Crippen molar-refractivity contribution in [3.8, 4) is 0 Å². The van der Waals surface area contributed by atoms with Crippen LogP contribution in [0.2, 0.25) is 0 Å². The first-order valence-corrected chi connectivity index (χ1v) is 8.96. The van der Waals surface area contributed by atoms with E-state index in [2.05, 4.69) is 52.3 Å². The predicted molar refractivity (Wildman–Crippen MR) is 94.1 cm³/mol. The first kappa shape index (κ1) is 15.1. The summed E-state index contributed by atoms with van der Waals surface area (Å²) in [4.78, 5) is 0. The molecule has 1 unspecified atom stereocenters. The van der Waals surface area contributed by atoms with Gasteiger partial charge in [-0.05, 0) is 47.6 Å². The molecule has 0 spiro atoms. The van der Waals surface area contributed by atoms with Crippen molar-refractivity contribution < 1.29 is 0 Å². The number of halogens is 2. The summed E-state index contributed by atoms with van der Waals surface area (Å²) < 4.78 is 1.07. The summed E-state index contributed by atoms with van der Waals surface area (Å²) in [5, 5.41) is -0.0806. The lowest BCUT2D eigenvalue weighted by molar-refractivity contribution is 0.443. The van der Waals surface area contributed by atoms with Crippen LogP contribution in [-0.2, 0) is 0 Å². The molecule has 1 atom stereocenters. The average Bonchev–Trinajstić information content (AvgIpc) is 2.55. The standard InChI is InChI=1S/C19H20BrCl/c20-18-8-4-7-17(13-18)19(21)16-11-9-15(10-12-16)14-5-2-1-3-6-14/h4,7-14,19H,1-3,5-6H2. The Balaban J connectivity index is 1.77. The Bertz CT molecular complexity index is 585. The zero-order valence-electron chi connectivity index (χ0n) is 12.1. The Labute approximate surface area is 140 Å². The van der Waals surface area contributed by atoms with Crippen LogP contribution in [0.25, 0.3) is 0 Å². The second-order valence-corrected chi connectivity index (χ2v) is 7.27. The first-order chi connectivity index (χ1) is 10.2. The molecule has 0 amide bonds. The summed E-state index contributed by atoms with van der Waals surface area (Å²) in [5.74, 6) is 0.757. The third-order valence-corrected chi connectivity index (χ3v) is 5.44. The van der Waals surface area contributed by atoms with Gasteiger partial charge in [-0.25, -0.2) is 0 Å². The van der Waals surface area contributed by atoms with Crippen molar-refractivity contribution in [3.63, 3.8) is 0 Å². The van der Waals surface area contributed by atoms with Gasteiger partial charge in [-0.1, -0.05) is 71.6 Å². The summed E-state index contributed by atoms with van der Waals surface area (Å²) in [6.45, 7) is 0. The second-order valence-electron chi connectivity index (χ2n) is 5.92. The highest BCUT2D eigenvalue weighted by Gasteiger charge is 2.16. The van der Waals surface area contributed by atoms with Gasteiger partial charge >= 0.3 is 0 Å². The number of alkyl halides is 1. The van der Waals surface area contributed by atoms with E-state index >= 15 is 0 Å². The largest absolute Gasteiger partial charge is 0.113 e. The molecule has 1 fully saturated rings. The second kappa shape index (κ2) is 6.98. The summed E-state index contributed by atoms with van der Waals surface area (Å²) in [7, 11) is 0. The topological polar surface area (TPSA) is 0 Å². The highest BCUT2D eigenvalue weighted by molar-refractivity contribution is 9.10. The van der Waals surface area contributed by atoms with Gasteiger partial charge in [-0.2, -0.15) is 0 Å². The predicted octanol–water partition coefficient (Wildman–Crippen LogP) is 6.83. The Morgan fingerprint density at radius 1 is 0.905 bits per heavy atom. The van der Waals surface area contributed by atoms with Crippen LogP contribution in [0.4, 0.5) is 0 Å². The lowest BCUT2D eigenvalue weighted by Crippen LogP contribution is -2.04. The minimum Gasteiger partial charge on any atom is -0.113 e. The molecule has 0 aromatic heterocycles. The van der Waals surface area contributed by atoms with E-state index in [1.54, 1.807) is 0 Å². The summed E-state index contributed by atoms with van der Waals surface area (Å²) >= 11 is 10.1. The van der Waals surface area contributed by atoms with Crippen molar-refractivity contribution in [1.82, 2.24) is 0 Å². The fraction of sp³-hybridized carbons (Fsp3) is 0.368. The zero-order chi connectivity index (χ0) is 14.7. The van der Waals surface area contributed by atoms with Crippen molar-refractivity contribution in [3.05, 3.63) is 69.7 Å². The molecule has 0 nitrogen and oxygen atoms in total. The molecule has 0 aliphatic heterocycles. The molecule has 1 saturated carbocycles. The molecule has 0 saturated heterocycles. The van der Waals surface area contributed by atoms with E-state index in [1.165, 1.54) is 43.2 Å². The van der Waals surface area contributed by atoms with Gasteiger partial charge in [-0.15, -0.1) is 11.6 Å². The third kappa shape index (κ3) is 3.70. The summed E-state index contributed by atoms with van der Waals surface area (Å²) in [5.41, 5.74) is 3.79. The lowest BCUT2D eigenvalue weighted by atomic mass is 9.84. The van der Waals surface area contributed by atoms with Crippen molar-refractivity contribution in [2.45, 2.75) is 43.4 Å². The van der Waals surface area contributed by atoms with Gasteiger partial charge in [0.15, 0.2) is 0 Å². The normalized spacial score (nSPS) is 17.6. The SMILES string of the molecule is ClC(c1ccc(C2CCCCC2)cc1)c1cccc(Br)c1. The van der Waals surface area contributed by atoms with Crippen LogP contribution < -0.4 is 0 Å². The van der Waals surface area contributed by atoms with Crippen molar-refractivity contribution in [2.75, 3.05) is 0 Å². The van der Waals surface area contributed by atoms with Crippen LogP contribution >= 0.6 is 27.5 Å². The van der Waals surface area contributed by atoms with E-state index in [-0.39, 0.29) is 5.38 Å². The van der Waals surface area contributed by atoms with E-state index in [0.29, 0.717) is 0 Å². The molecule has 21 heavy (non-hydrogen) atoms. The Morgan fingerprint density at radius 2 is 1.62 bits per heavy atom. The molecule has 2 aromatic rings. The maximum atomic E-state index is 6.62. The Kier molecular flexibility index (Phi) is 5.03. The van der Waals surface area contributed by atoms with E-state index in [4.69, 9.17) is 11.6 Å². The molecule has 3 rings (SSSR count). The molecule has 110 valence electrons. The summed E-state index contributed by atoms with van der Waals surface area (Å²) in [6.07, 6.45) is 6.84. The molecule has 2 heteroatoms. The number of hydrogen-bond donors (Lipinski definition) is 0. The fourth-order valence-electron chi connectivity index (χ4n) is 3.23. The molecular weight excluding hydrogens is 344 g/mol. The molecule has 0 N–H and O–H groups in total. The van der Waals surface area contributed by atoms with Crippen LogP contribution in [0.5, 0.6) is 0 Å². The first-order valence-electron chi connectivity index (χ1n) is 7.73. The number of benzene rings is 2. The molecule has 0 radical (unpaired) electrons. The van der Waals surface area contributed by atoms with Crippen LogP contribution in [0.1, 0.15) is 60.1 Å². The monoisotopic (exact) mass is 362 g/mol. The Morgan fingerprint density at radius 3 is 2.29 bits per heavy atom. The minimum absolute atomic E-state index is 0.0806. The third-order valence-electron chi connectivity index (χ3n) is 4.45. The maximum absolute atomic E-state index is 6.62. The molecule has 0 heterocycles. The van der Waals surface area contributed by atoms with Crippen LogP contribution in [0.3, 0.4) is 0 Å². The molecular formula is C19H20BrCl. The fourth-order valence-corrected chi connectivity index (χ4v) is 3.93. The van der Waals surface area contributed by atoms with E-state index in [9.17, 15) is 0 Å². The highest BCUT2D eigenvalue weighted by Crippen LogP contribution is 2.35. The quantitative estimate of drug-likeness (QED) is 0.524. The van der Waals surface area contributed by atoms with Gasteiger partial charge in [0.1, 0.15) is 0 Å². The van der Waals surface area contributed by atoms with E-state index < -0.39 is 0 Å². The van der Waals surface area contributed by atoms with Crippen molar-refractivity contribution in [1.29, 1.82) is 0 Å². The molecule has 2 aromatic carbocycles. The van der Waals surface area contributed by atoms with E-state index in [1.807, 2.05) is 12.1 Å². The maximum Gasteiger partial charge on any atom is 0.0835 e. The van der Waals surface area contributed by atoms with Crippen molar-refractivity contribution >= 4 is 27.5 Å². The molecule has 1 aliphatic carbocycles. The van der Waals surface area contributed by atoms with Gasteiger partial charge in [0, 0.05) is 4.47 Å². The average molecular weight is 364 g/mol. The number of rotatable bonds is 3. The van der Waals surface area contributed by atoms with Crippen LogP contribution in [0.15, 0.2) is 53.0 Å². The Hall–Kier alpha value is -0.790. The van der Waals surface area contributed by atoms with Gasteiger partial charge in [-0.3, -0.25) is 0 Å². The number of hydrogen-bond acceptors (Lipinski definition) is 0. The summed E-state index contributed by atoms with van der Waals surface area (Å²) in [6, 6.07) is 17.2.